The maximum Gasteiger partial charge on any atom is 0.161 e. The van der Waals surface area contributed by atoms with Crippen molar-refractivity contribution < 1.29 is 4.79 Å². The van der Waals surface area contributed by atoms with Gasteiger partial charge in [0.25, 0.3) is 0 Å². The first-order valence-electron chi connectivity index (χ1n) is 8.25. The number of H-pyrrole nitrogens is 1. The normalized spacial score (nSPS) is 11.0. The van der Waals surface area contributed by atoms with Crippen LogP contribution in [0.4, 0.5) is 5.69 Å². The Bertz CT molecular complexity index is 933. The minimum absolute atomic E-state index is 0.0879. The summed E-state index contributed by atoms with van der Waals surface area (Å²) >= 11 is 1.68. The van der Waals surface area contributed by atoms with Crippen molar-refractivity contribution in [3.63, 3.8) is 0 Å². The van der Waals surface area contributed by atoms with Gasteiger partial charge in [0.2, 0.25) is 0 Å². The van der Waals surface area contributed by atoms with Gasteiger partial charge in [-0.25, -0.2) is 4.98 Å². The molecule has 4 nitrogen and oxygen atoms in total. The highest BCUT2D eigenvalue weighted by molar-refractivity contribution is 7.15. The third kappa shape index (κ3) is 3.12. The molecule has 1 aromatic carbocycles. The monoisotopic (exact) mass is 353 g/mol. The number of aryl methyl sites for hydroxylation is 2. The van der Waals surface area contributed by atoms with E-state index in [9.17, 15) is 4.79 Å². The highest BCUT2D eigenvalue weighted by Gasteiger charge is 2.20. The predicted molar refractivity (Wildman–Crippen MR) is 106 cm³/mol. The van der Waals surface area contributed by atoms with Crippen molar-refractivity contribution in [3.8, 4) is 22.0 Å². The second kappa shape index (κ2) is 6.48. The van der Waals surface area contributed by atoms with Crippen LogP contribution in [0.2, 0.25) is 0 Å². The van der Waals surface area contributed by atoms with Crippen molar-refractivity contribution in [1.82, 2.24) is 9.97 Å². The molecular weight excluding hydrogens is 330 g/mol. The van der Waals surface area contributed by atoms with Gasteiger partial charge in [0.05, 0.1) is 5.69 Å². The molecule has 0 aliphatic heterocycles. The van der Waals surface area contributed by atoms with Gasteiger partial charge in [0.1, 0.15) is 10.7 Å². The summed E-state index contributed by atoms with van der Waals surface area (Å²) < 4.78 is 0. The molecule has 2 aromatic heterocycles. The van der Waals surface area contributed by atoms with E-state index in [2.05, 4.69) is 41.1 Å². The van der Waals surface area contributed by atoms with Crippen LogP contribution in [0, 0.1) is 20.8 Å². The molecule has 0 aliphatic rings. The quantitative estimate of drug-likeness (QED) is 0.672. The van der Waals surface area contributed by atoms with Crippen LogP contribution in [0.25, 0.3) is 22.0 Å². The van der Waals surface area contributed by atoms with E-state index in [1.54, 1.807) is 18.3 Å². The lowest BCUT2D eigenvalue weighted by Gasteiger charge is -2.11. The number of nitrogens with one attached hydrogen (secondary N) is 1. The first kappa shape index (κ1) is 17.4. The third-order valence-electron chi connectivity index (χ3n) is 4.45. The molecular formula is C20H23N3OS. The maximum absolute atomic E-state index is 11.9. The number of aromatic amines is 1. The molecule has 5 heteroatoms. The Morgan fingerprint density at radius 2 is 1.76 bits per heavy atom. The molecule has 0 fully saturated rings. The summed E-state index contributed by atoms with van der Waals surface area (Å²) in [6.45, 7) is 7.61. The lowest BCUT2D eigenvalue weighted by molar-refractivity contribution is 0.101. The van der Waals surface area contributed by atoms with Gasteiger partial charge in [0.15, 0.2) is 5.78 Å². The fourth-order valence-corrected chi connectivity index (χ4v) is 4.09. The van der Waals surface area contributed by atoms with E-state index >= 15 is 0 Å². The third-order valence-corrected chi connectivity index (χ3v) is 5.47. The number of hydrogen-bond acceptors (Lipinski definition) is 4. The molecule has 0 aliphatic carbocycles. The van der Waals surface area contributed by atoms with Crippen molar-refractivity contribution in [2.75, 3.05) is 19.0 Å². The van der Waals surface area contributed by atoms with Crippen molar-refractivity contribution >= 4 is 22.8 Å². The number of thiazole rings is 1. The zero-order chi connectivity index (χ0) is 18.3. The van der Waals surface area contributed by atoms with Crippen LogP contribution in [0.1, 0.15) is 33.4 Å². The summed E-state index contributed by atoms with van der Waals surface area (Å²) in [5, 5.41) is 0.994. The molecule has 2 heterocycles. The van der Waals surface area contributed by atoms with Crippen LogP contribution in [-0.2, 0) is 0 Å². The SMILES string of the molecule is CC(=O)c1c(C)[nH]c(-c2nc(-c3ccc(N(C)C)cc3)sc2C)c1C. The van der Waals surface area contributed by atoms with Gasteiger partial charge in [-0.3, -0.25) is 4.79 Å². The van der Waals surface area contributed by atoms with E-state index in [4.69, 9.17) is 4.98 Å². The number of ketones is 1. The van der Waals surface area contributed by atoms with E-state index in [0.29, 0.717) is 0 Å². The van der Waals surface area contributed by atoms with E-state index in [1.807, 2.05) is 27.9 Å². The van der Waals surface area contributed by atoms with Gasteiger partial charge in [-0.1, -0.05) is 0 Å². The predicted octanol–water partition coefficient (Wildman–Crippen LogP) is 5.00. The number of rotatable bonds is 4. The van der Waals surface area contributed by atoms with Gasteiger partial charge >= 0.3 is 0 Å². The highest BCUT2D eigenvalue weighted by atomic mass is 32.1. The Labute approximate surface area is 152 Å². The standard InChI is InChI=1S/C20H23N3OS/c1-11-17(13(3)24)12(2)21-18(11)19-14(4)25-20(22-19)15-7-9-16(10-8-15)23(5)6/h7-10,21H,1-6H3. The number of nitrogens with zero attached hydrogens (tertiary/aromatic N) is 2. The van der Waals surface area contributed by atoms with Crippen molar-refractivity contribution in [2.24, 2.45) is 0 Å². The molecule has 0 saturated carbocycles. The molecule has 130 valence electrons. The van der Waals surface area contributed by atoms with Crippen LogP contribution in [0.3, 0.4) is 0 Å². The maximum atomic E-state index is 11.9. The average molecular weight is 353 g/mol. The fraction of sp³-hybridized carbons (Fsp3) is 0.300. The van der Waals surface area contributed by atoms with Gasteiger partial charge in [-0.05, 0) is 57.5 Å². The summed E-state index contributed by atoms with van der Waals surface area (Å²) in [4.78, 5) is 23.3. The Morgan fingerprint density at radius 3 is 2.28 bits per heavy atom. The number of Topliss-reactive ketones (excluding diaryl/α,β-unsaturated/α-hetero) is 1. The smallest absolute Gasteiger partial charge is 0.161 e. The van der Waals surface area contributed by atoms with Crippen LogP contribution in [-0.4, -0.2) is 29.8 Å². The van der Waals surface area contributed by atoms with Crippen LogP contribution in [0.5, 0.6) is 0 Å². The molecule has 0 unspecified atom stereocenters. The molecule has 0 saturated heterocycles. The zero-order valence-electron chi connectivity index (χ0n) is 15.5. The summed E-state index contributed by atoms with van der Waals surface area (Å²) in [6.07, 6.45) is 0. The van der Waals surface area contributed by atoms with E-state index in [-0.39, 0.29) is 5.78 Å². The molecule has 3 aromatic rings. The number of carbonyl (C=O) groups is 1. The Hall–Kier alpha value is -2.40. The van der Waals surface area contributed by atoms with Crippen molar-refractivity contribution in [1.29, 1.82) is 0 Å². The van der Waals surface area contributed by atoms with Crippen molar-refractivity contribution in [2.45, 2.75) is 27.7 Å². The van der Waals surface area contributed by atoms with Gasteiger partial charge in [0, 0.05) is 41.5 Å². The first-order valence-corrected chi connectivity index (χ1v) is 9.07. The number of aromatic nitrogens is 2. The molecule has 0 spiro atoms. The zero-order valence-corrected chi connectivity index (χ0v) is 16.3. The van der Waals surface area contributed by atoms with Crippen LogP contribution >= 0.6 is 11.3 Å². The second-order valence-corrected chi connectivity index (χ2v) is 7.75. The molecule has 0 bridgehead atoms. The summed E-state index contributed by atoms with van der Waals surface area (Å²) in [6, 6.07) is 8.41. The van der Waals surface area contributed by atoms with E-state index in [1.165, 1.54) is 5.69 Å². The van der Waals surface area contributed by atoms with Gasteiger partial charge in [-0.15, -0.1) is 11.3 Å². The fourth-order valence-electron chi connectivity index (χ4n) is 3.17. The average Bonchev–Trinajstić information content (AvgIpc) is 3.07. The Kier molecular flexibility index (Phi) is 4.52. The Balaban J connectivity index is 2.04. The number of anilines is 1. The first-order chi connectivity index (χ1) is 11.8. The summed E-state index contributed by atoms with van der Waals surface area (Å²) in [5.41, 5.74) is 6.82. The number of carbonyl (C=O) groups excluding carboxylic acids is 1. The minimum Gasteiger partial charge on any atom is -0.378 e. The van der Waals surface area contributed by atoms with Gasteiger partial charge < -0.3 is 9.88 Å². The van der Waals surface area contributed by atoms with Crippen molar-refractivity contribution in [3.05, 3.63) is 46.0 Å². The van der Waals surface area contributed by atoms with Crippen LogP contribution in [0.15, 0.2) is 24.3 Å². The molecule has 1 N–H and O–H groups in total. The summed E-state index contributed by atoms with van der Waals surface area (Å²) in [7, 11) is 4.06. The van der Waals surface area contributed by atoms with E-state index in [0.717, 1.165) is 43.7 Å². The number of benzene rings is 1. The lowest BCUT2D eigenvalue weighted by atomic mass is 10.1. The highest BCUT2D eigenvalue weighted by Crippen LogP contribution is 2.36. The number of hydrogen-bond donors (Lipinski definition) is 1. The summed E-state index contributed by atoms with van der Waals surface area (Å²) in [5.74, 6) is 0.0879. The molecule has 3 rings (SSSR count). The minimum atomic E-state index is 0.0879. The van der Waals surface area contributed by atoms with Gasteiger partial charge in [-0.2, -0.15) is 0 Å². The molecule has 0 amide bonds. The largest absolute Gasteiger partial charge is 0.378 e. The topological polar surface area (TPSA) is 49.0 Å². The molecule has 0 radical (unpaired) electrons. The Morgan fingerprint density at radius 1 is 1.12 bits per heavy atom. The molecule has 25 heavy (non-hydrogen) atoms. The van der Waals surface area contributed by atoms with Crippen LogP contribution < -0.4 is 4.90 Å². The lowest BCUT2D eigenvalue weighted by Crippen LogP contribution is -2.07. The second-order valence-electron chi connectivity index (χ2n) is 6.55. The molecule has 0 atom stereocenters. The van der Waals surface area contributed by atoms with E-state index < -0.39 is 0 Å².